The van der Waals surface area contributed by atoms with Crippen molar-refractivity contribution in [2.24, 2.45) is 0 Å². The zero-order valence-corrected chi connectivity index (χ0v) is 12.7. The van der Waals surface area contributed by atoms with Crippen LogP contribution < -0.4 is 0 Å². The van der Waals surface area contributed by atoms with E-state index in [0.717, 1.165) is 37.8 Å². The lowest BCUT2D eigenvalue weighted by Crippen LogP contribution is -2.43. The number of nitrogens with zero attached hydrogens (tertiary/aromatic N) is 5. The maximum absolute atomic E-state index is 12.5. The molecule has 0 N–H and O–H groups in total. The first-order valence-electron chi connectivity index (χ1n) is 7.66. The Hall–Kier alpha value is -2.21. The highest BCUT2D eigenvalue weighted by Gasteiger charge is 2.26. The molecule has 4 rings (SSSR count). The monoisotopic (exact) mass is 297 g/mol. The third-order valence-corrected chi connectivity index (χ3v) is 4.39. The summed E-state index contributed by atoms with van der Waals surface area (Å²) in [5.74, 6) is 1.85. The molecule has 114 valence electrons. The molecule has 22 heavy (non-hydrogen) atoms. The molecule has 0 fully saturated rings. The van der Waals surface area contributed by atoms with Crippen LogP contribution >= 0.6 is 0 Å². The molecular formula is C16H19N5O. The highest BCUT2D eigenvalue weighted by Crippen LogP contribution is 2.22. The van der Waals surface area contributed by atoms with Gasteiger partial charge in [0.05, 0.1) is 19.6 Å². The lowest BCUT2D eigenvalue weighted by atomic mass is 10.1. The Bertz CT molecular complexity index is 698. The van der Waals surface area contributed by atoms with Crippen LogP contribution in [-0.2, 0) is 31.0 Å². The van der Waals surface area contributed by atoms with Crippen molar-refractivity contribution < 1.29 is 4.79 Å². The van der Waals surface area contributed by atoms with Crippen molar-refractivity contribution in [1.29, 1.82) is 0 Å². The van der Waals surface area contributed by atoms with Crippen LogP contribution in [-0.4, -0.2) is 43.6 Å². The first-order valence-corrected chi connectivity index (χ1v) is 7.66. The molecule has 0 saturated carbocycles. The SMILES string of the molecule is Cc1nc2n(n1)CCN(C(=O)CN1Cc3ccccc3C1)C2. The fourth-order valence-corrected chi connectivity index (χ4v) is 3.28. The molecule has 6 nitrogen and oxygen atoms in total. The second-order valence-electron chi connectivity index (χ2n) is 6.03. The molecular weight excluding hydrogens is 278 g/mol. The minimum Gasteiger partial charge on any atom is -0.332 e. The van der Waals surface area contributed by atoms with Crippen molar-refractivity contribution in [3.05, 3.63) is 47.0 Å². The Morgan fingerprint density at radius 3 is 2.59 bits per heavy atom. The Kier molecular flexibility index (Phi) is 3.18. The van der Waals surface area contributed by atoms with Crippen molar-refractivity contribution in [2.45, 2.75) is 33.1 Å². The number of fused-ring (bicyclic) bond motifs is 2. The molecule has 0 radical (unpaired) electrons. The van der Waals surface area contributed by atoms with Crippen molar-refractivity contribution in [3.8, 4) is 0 Å². The van der Waals surface area contributed by atoms with Gasteiger partial charge in [0.1, 0.15) is 11.6 Å². The molecule has 0 spiro atoms. The summed E-state index contributed by atoms with van der Waals surface area (Å²) in [6.07, 6.45) is 0. The highest BCUT2D eigenvalue weighted by atomic mass is 16.2. The Labute approximate surface area is 129 Å². The van der Waals surface area contributed by atoms with Crippen LogP contribution in [0.3, 0.4) is 0 Å². The fourth-order valence-electron chi connectivity index (χ4n) is 3.28. The topological polar surface area (TPSA) is 54.3 Å². The number of aromatic nitrogens is 3. The first kappa shape index (κ1) is 13.5. The van der Waals surface area contributed by atoms with Gasteiger partial charge in [0.2, 0.25) is 5.91 Å². The van der Waals surface area contributed by atoms with E-state index in [1.54, 1.807) is 0 Å². The molecule has 1 aromatic heterocycles. The van der Waals surface area contributed by atoms with E-state index in [0.29, 0.717) is 13.1 Å². The molecule has 2 aromatic rings. The van der Waals surface area contributed by atoms with Gasteiger partial charge in [0.25, 0.3) is 0 Å². The summed E-state index contributed by atoms with van der Waals surface area (Å²) < 4.78 is 1.91. The number of carbonyl (C=O) groups excluding carboxylic acids is 1. The predicted octanol–water partition coefficient (Wildman–Crippen LogP) is 0.945. The van der Waals surface area contributed by atoms with Crippen molar-refractivity contribution >= 4 is 5.91 Å². The zero-order chi connectivity index (χ0) is 15.1. The second kappa shape index (κ2) is 5.21. The maximum Gasteiger partial charge on any atom is 0.237 e. The maximum atomic E-state index is 12.5. The van der Waals surface area contributed by atoms with Gasteiger partial charge in [-0.15, -0.1) is 0 Å². The third-order valence-electron chi connectivity index (χ3n) is 4.39. The van der Waals surface area contributed by atoms with Crippen LogP contribution in [0.2, 0.25) is 0 Å². The van der Waals surface area contributed by atoms with E-state index in [9.17, 15) is 4.79 Å². The largest absolute Gasteiger partial charge is 0.332 e. The summed E-state index contributed by atoms with van der Waals surface area (Å²) in [6, 6.07) is 8.41. The van der Waals surface area contributed by atoms with E-state index in [2.05, 4.69) is 39.2 Å². The van der Waals surface area contributed by atoms with E-state index >= 15 is 0 Å². The minimum atomic E-state index is 0.180. The van der Waals surface area contributed by atoms with Gasteiger partial charge in [-0.2, -0.15) is 5.10 Å². The zero-order valence-electron chi connectivity index (χ0n) is 12.7. The molecule has 0 unspecified atom stereocenters. The van der Waals surface area contributed by atoms with E-state index in [-0.39, 0.29) is 5.91 Å². The lowest BCUT2D eigenvalue weighted by Gasteiger charge is -2.28. The summed E-state index contributed by atoms with van der Waals surface area (Å²) in [5.41, 5.74) is 2.67. The van der Waals surface area contributed by atoms with E-state index in [4.69, 9.17) is 0 Å². The van der Waals surface area contributed by atoms with Crippen LogP contribution in [0.15, 0.2) is 24.3 Å². The van der Waals surface area contributed by atoms with Gasteiger partial charge < -0.3 is 4.90 Å². The smallest absolute Gasteiger partial charge is 0.237 e. The van der Waals surface area contributed by atoms with Crippen LogP contribution in [0.5, 0.6) is 0 Å². The van der Waals surface area contributed by atoms with Gasteiger partial charge in [-0.05, 0) is 18.1 Å². The van der Waals surface area contributed by atoms with Gasteiger partial charge >= 0.3 is 0 Å². The summed E-state index contributed by atoms with van der Waals surface area (Å²) >= 11 is 0. The van der Waals surface area contributed by atoms with Crippen LogP contribution in [0, 0.1) is 6.92 Å². The summed E-state index contributed by atoms with van der Waals surface area (Å²) in [6.45, 7) is 6.12. The molecule has 0 bridgehead atoms. The van der Waals surface area contributed by atoms with Gasteiger partial charge in [0, 0.05) is 19.6 Å². The molecule has 2 aliphatic rings. The molecule has 0 atom stereocenters. The average molecular weight is 297 g/mol. The number of hydrogen-bond donors (Lipinski definition) is 0. The molecule has 6 heteroatoms. The van der Waals surface area contributed by atoms with E-state index < -0.39 is 0 Å². The number of rotatable bonds is 2. The average Bonchev–Trinajstić information content (AvgIpc) is 3.07. The van der Waals surface area contributed by atoms with Crippen molar-refractivity contribution in [1.82, 2.24) is 24.6 Å². The molecule has 0 saturated heterocycles. The fraction of sp³-hybridized carbons (Fsp3) is 0.438. The lowest BCUT2D eigenvalue weighted by molar-refractivity contribution is -0.134. The van der Waals surface area contributed by atoms with Gasteiger partial charge in [-0.25, -0.2) is 9.67 Å². The normalized spacial score (nSPS) is 17.4. The number of carbonyl (C=O) groups is 1. The third kappa shape index (κ3) is 2.39. The Morgan fingerprint density at radius 2 is 1.86 bits per heavy atom. The highest BCUT2D eigenvalue weighted by molar-refractivity contribution is 5.78. The summed E-state index contributed by atoms with van der Waals surface area (Å²) in [4.78, 5) is 21.0. The number of benzene rings is 1. The predicted molar refractivity (Wildman–Crippen MR) is 80.7 cm³/mol. The van der Waals surface area contributed by atoms with Crippen LogP contribution in [0.25, 0.3) is 0 Å². The molecule has 1 aromatic carbocycles. The molecule has 2 aliphatic heterocycles. The first-order chi connectivity index (χ1) is 10.7. The molecule has 1 amide bonds. The van der Waals surface area contributed by atoms with Gasteiger partial charge in [0.15, 0.2) is 0 Å². The Morgan fingerprint density at radius 1 is 1.14 bits per heavy atom. The number of hydrogen-bond acceptors (Lipinski definition) is 4. The standard InChI is InChI=1S/C16H19N5O/c1-12-17-15-10-20(6-7-21(15)18-12)16(22)11-19-8-13-4-2-3-5-14(13)9-19/h2-5H,6-11H2,1H3. The Balaban J connectivity index is 1.40. The van der Waals surface area contributed by atoms with E-state index in [1.165, 1.54) is 11.1 Å². The summed E-state index contributed by atoms with van der Waals surface area (Å²) in [5, 5.41) is 4.33. The number of aryl methyl sites for hydroxylation is 1. The number of amides is 1. The van der Waals surface area contributed by atoms with Crippen LogP contribution in [0.1, 0.15) is 22.8 Å². The quantitative estimate of drug-likeness (QED) is 0.828. The van der Waals surface area contributed by atoms with Crippen molar-refractivity contribution in [3.63, 3.8) is 0 Å². The minimum absolute atomic E-state index is 0.180. The second-order valence-corrected chi connectivity index (χ2v) is 6.03. The van der Waals surface area contributed by atoms with Gasteiger partial charge in [-0.1, -0.05) is 24.3 Å². The van der Waals surface area contributed by atoms with E-state index in [1.807, 2.05) is 16.5 Å². The summed E-state index contributed by atoms with van der Waals surface area (Å²) in [7, 11) is 0. The van der Waals surface area contributed by atoms with Gasteiger partial charge in [-0.3, -0.25) is 9.69 Å². The molecule has 0 aliphatic carbocycles. The molecule has 3 heterocycles. The van der Waals surface area contributed by atoms with Crippen LogP contribution in [0.4, 0.5) is 0 Å². The van der Waals surface area contributed by atoms with Crippen molar-refractivity contribution in [2.75, 3.05) is 13.1 Å².